The Balaban J connectivity index is 1.63. The van der Waals surface area contributed by atoms with E-state index in [2.05, 4.69) is 15.1 Å². The van der Waals surface area contributed by atoms with Gasteiger partial charge in [0, 0.05) is 11.3 Å². The molecule has 0 radical (unpaired) electrons. The lowest BCUT2D eigenvalue weighted by molar-refractivity contribution is 0.0526. The molecule has 0 aliphatic heterocycles. The third-order valence-corrected chi connectivity index (χ3v) is 6.30. The number of para-hydroxylation sites is 1. The second-order valence-corrected chi connectivity index (χ2v) is 8.88. The zero-order chi connectivity index (χ0) is 27.9. The Morgan fingerprint density at radius 3 is 2.12 bits per heavy atom. The van der Waals surface area contributed by atoms with Gasteiger partial charge in [-0.25, -0.2) is 10.2 Å². The molecule has 7 heteroatoms. The number of hydrazone groups is 1. The summed E-state index contributed by atoms with van der Waals surface area (Å²) in [5.74, 6) is -1.02. The highest BCUT2D eigenvalue weighted by Crippen LogP contribution is 2.35. The highest BCUT2D eigenvalue weighted by Gasteiger charge is 2.19. The molecule has 0 fully saturated rings. The maximum absolute atomic E-state index is 12.6. The van der Waals surface area contributed by atoms with Crippen molar-refractivity contribution >= 4 is 18.1 Å². The summed E-state index contributed by atoms with van der Waals surface area (Å²) in [5.41, 5.74) is 8.38. The first kappa shape index (κ1) is 26.2. The summed E-state index contributed by atoms with van der Waals surface area (Å²) < 4.78 is 7.26. The summed E-state index contributed by atoms with van der Waals surface area (Å²) in [7, 11) is 0. The van der Waals surface area contributed by atoms with Crippen LogP contribution in [0.2, 0.25) is 0 Å². The van der Waals surface area contributed by atoms with Gasteiger partial charge in [-0.3, -0.25) is 4.79 Å². The number of nitrogens with one attached hydrogen (secondary N) is 1. The number of aromatic hydroxyl groups is 1. The van der Waals surface area contributed by atoms with E-state index in [1.54, 1.807) is 37.4 Å². The number of carbonyl (C=O) groups excluding carboxylic acids is 2. The van der Waals surface area contributed by atoms with Gasteiger partial charge in [-0.05, 0) is 60.5 Å². The fourth-order valence-corrected chi connectivity index (χ4v) is 4.46. The van der Waals surface area contributed by atoms with Gasteiger partial charge in [0.05, 0.1) is 35.3 Å². The molecule has 7 nitrogen and oxygen atoms in total. The monoisotopic (exact) mass is 529 g/mol. The summed E-state index contributed by atoms with van der Waals surface area (Å²) in [6.45, 7) is 2.08. The molecule has 1 heterocycles. The first-order valence-corrected chi connectivity index (χ1v) is 12.8. The molecule has 0 saturated carbocycles. The molecule has 5 aromatic rings. The van der Waals surface area contributed by atoms with Crippen LogP contribution in [0, 0.1) is 0 Å². The van der Waals surface area contributed by atoms with Crippen LogP contribution in [0.1, 0.15) is 33.2 Å². The van der Waals surface area contributed by atoms with Gasteiger partial charge in [-0.15, -0.1) is 0 Å². The molecule has 40 heavy (non-hydrogen) atoms. The number of benzene rings is 4. The molecule has 2 N–H and O–H groups in total. The summed E-state index contributed by atoms with van der Waals surface area (Å²) in [5, 5.41) is 14.3. The Hall–Kier alpha value is -5.43. The highest BCUT2D eigenvalue weighted by molar-refractivity contribution is 5.98. The van der Waals surface area contributed by atoms with Crippen LogP contribution in [0.25, 0.3) is 28.2 Å². The van der Waals surface area contributed by atoms with Gasteiger partial charge in [0.15, 0.2) is 0 Å². The Morgan fingerprint density at radius 2 is 1.48 bits per heavy atom. The fraction of sp³-hybridized carbons (Fsp3) is 0.0606. The Bertz CT molecular complexity index is 1660. The van der Waals surface area contributed by atoms with Crippen molar-refractivity contribution in [1.29, 1.82) is 0 Å². The molecule has 0 bridgehead atoms. The van der Waals surface area contributed by atoms with E-state index in [0.29, 0.717) is 12.2 Å². The van der Waals surface area contributed by atoms with Gasteiger partial charge >= 0.3 is 5.97 Å². The molecule has 198 valence electrons. The number of rotatable bonds is 8. The van der Waals surface area contributed by atoms with E-state index in [0.717, 1.165) is 33.8 Å². The van der Waals surface area contributed by atoms with Crippen molar-refractivity contribution < 1.29 is 19.4 Å². The molecule has 5 rings (SSSR count). The number of hydrogen-bond donors (Lipinski definition) is 2. The number of ether oxygens (including phenoxy) is 1. The molecule has 0 unspecified atom stereocenters. The van der Waals surface area contributed by atoms with E-state index in [4.69, 9.17) is 4.74 Å². The average Bonchev–Trinajstić information content (AvgIpc) is 3.38. The largest absolute Gasteiger partial charge is 0.507 e. The van der Waals surface area contributed by atoms with Crippen molar-refractivity contribution in [3.05, 3.63) is 132 Å². The molecule has 1 aromatic heterocycles. The topological polar surface area (TPSA) is 92.9 Å². The average molecular weight is 530 g/mol. The number of amides is 1. The zero-order valence-electron chi connectivity index (χ0n) is 21.8. The number of esters is 1. The normalized spacial score (nSPS) is 10.9. The maximum Gasteiger partial charge on any atom is 0.338 e. The lowest BCUT2D eigenvalue weighted by atomic mass is 10.1. The quantitative estimate of drug-likeness (QED) is 0.137. The van der Waals surface area contributed by atoms with Gasteiger partial charge < -0.3 is 14.4 Å². The molecule has 0 aliphatic rings. The molecule has 0 aliphatic carbocycles. The number of aromatic nitrogens is 1. The summed E-state index contributed by atoms with van der Waals surface area (Å²) in [4.78, 5) is 24.9. The van der Waals surface area contributed by atoms with Crippen LogP contribution in [-0.4, -0.2) is 34.4 Å². The van der Waals surface area contributed by atoms with Crippen molar-refractivity contribution in [2.24, 2.45) is 5.10 Å². The molecular formula is C33H27N3O4. The van der Waals surface area contributed by atoms with Gasteiger partial charge in [0.2, 0.25) is 0 Å². The van der Waals surface area contributed by atoms with Gasteiger partial charge in [0.25, 0.3) is 5.91 Å². The fourth-order valence-electron chi connectivity index (χ4n) is 4.46. The van der Waals surface area contributed by atoms with E-state index < -0.39 is 5.91 Å². The van der Waals surface area contributed by atoms with E-state index in [9.17, 15) is 14.7 Å². The molecular weight excluding hydrogens is 502 g/mol. The minimum absolute atomic E-state index is 0.121. The first-order chi connectivity index (χ1) is 19.6. The number of phenolic OH excluding ortho intramolecular Hbond substituents is 1. The number of phenols is 1. The number of nitrogens with zero attached hydrogens (tertiary/aromatic N) is 2. The van der Waals surface area contributed by atoms with Crippen LogP contribution in [0.3, 0.4) is 0 Å². The molecule has 0 saturated heterocycles. The predicted molar refractivity (Wildman–Crippen MR) is 156 cm³/mol. The van der Waals surface area contributed by atoms with E-state index in [1.807, 2.05) is 78.9 Å². The lowest BCUT2D eigenvalue weighted by Crippen LogP contribution is -2.17. The standard InChI is InChI=1S/C33H27N3O4/c1-2-40-33(39)25-17-19-27(20-18-25)36-29(23-11-5-3-6-12-23)21-26(31(36)24-13-7-4-8-14-24)22-34-35-32(38)28-15-9-10-16-30(28)37/h3-22,37H,2H2,1H3,(H,35,38). The van der Waals surface area contributed by atoms with Crippen LogP contribution >= 0.6 is 0 Å². The van der Waals surface area contributed by atoms with Crippen LogP contribution in [0.4, 0.5) is 0 Å². The highest BCUT2D eigenvalue weighted by atomic mass is 16.5. The van der Waals surface area contributed by atoms with Crippen molar-refractivity contribution in [3.8, 4) is 34.0 Å². The van der Waals surface area contributed by atoms with Gasteiger partial charge in [-0.2, -0.15) is 5.10 Å². The Morgan fingerprint density at radius 1 is 0.850 bits per heavy atom. The predicted octanol–water partition coefficient (Wildman–Crippen LogP) is 6.46. The first-order valence-electron chi connectivity index (χ1n) is 12.8. The van der Waals surface area contributed by atoms with Crippen molar-refractivity contribution in [3.63, 3.8) is 0 Å². The van der Waals surface area contributed by atoms with E-state index in [1.165, 1.54) is 12.1 Å². The zero-order valence-corrected chi connectivity index (χ0v) is 21.8. The minimum atomic E-state index is -0.520. The van der Waals surface area contributed by atoms with Crippen LogP contribution < -0.4 is 5.43 Å². The van der Waals surface area contributed by atoms with Crippen molar-refractivity contribution in [2.45, 2.75) is 6.92 Å². The van der Waals surface area contributed by atoms with Crippen LogP contribution in [0.5, 0.6) is 5.75 Å². The number of carbonyl (C=O) groups is 2. The summed E-state index contributed by atoms with van der Waals surface area (Å²) >= 11 is 0. The number of hydrogen-bond acceptors (Lipinski definition) is 5. The maximum atomic E-state index is 12.6. The lowest BCUT2D eigenvalue weighted by Gasteiger charge is -2.15. The van der Waals surface area contributed by atoms with E-state index in [-0.39, 0.29) is 17.3 Å². The Kier molecular flexibility index (Phi) is 7.83. The molecule has 1 amide bonds. The third kappa shape index (κ3) is 5.54. The SMILES string of the molecule is CCOC(=O)c1ccc(-n2c(-c3ccccc3)cc(C=NNC(=O)c3ccccc3O)c2-c2ccccc2)cc1. The Labute approximate surface area is 232 Å². The second kappa shape index (κ2) is 12.0. The van der Waals surface area contributed by atoms with Crippen LogP contribution in [-0.2, 0) is 4.74 Å². The van der Waals surface area contributed by atoms with Crippen LogP contribution in [0.15, 0.2) is 120 Å². The third-order valence-electron chi connectivity index (χ3n) is 6.30. The second-order valence-electron chi connectivity index (χ2n) is 8.88. The smallest absolute Gasteiger partial charge is 0.338 e. The van der Waals surface area contributed by atoms with Gasteiger partial charge in [0.1, 0.15) is 5.75 Å². The molecule has 0 spiro atoms. The molecule has 4 aromatic carbocycles. The summed E-state index contributed by atoms with van der Waals surface area (Å²) in [6.07, 6.45) is 1.59. The summed E-state index contributed by atoms with van der Waals surface area (Å²) in [6, 6.07) is 35.4. The molecule has 0 atom stereocenters. The van der Waals surface area contributed by atoms with E-state index >= 15 is 0 Å². The van der Waals surface area contributed by atoms with Crippen molar-refractivity contribution in [1.82, 2.24) is 9.99 Å². The van der Waals surface area contributed by atoms with Crippen molar-refractivity contribution in [2.75, 3.05) is 6.61 Å². The van der Waals surface area contributed by atoms with Gasteiger partial charge in [-0.1, -0.05) is 72.8 Å². The minimum Gasteiger partial charge on any atom is -0.507 e.